The maximum atomic E-state index is 14.1. The van der Waals surface area contributed by atoms with E-state index >= 15 is 0 Å². The van der Waals surface area contributed by atoms with Crippen molar-refractivity contribution in [3.05, 3.63) is 53.6 Å². The van der Waals surface area contributed by atoms with E-state index in [1.165, 1.54) is 13.8 Å². The van der Waals surface area contributed by atoms with Gasteiger partial charge in [0.15, 0.2) is 0 Å². The van der Waals surface area contributed by atoms with E-state index in [0.29, 0.717) is 22.5 Å². The number of benzene rings is 2. The van der Waals surface area contributed by atoms with E-state index in [-0.39, 0.29) is 29.8 Å². The van der Waals surface area contributed by atoms with Crippen LogP contribution in [0.3, 0.4) is 0 Å². The lowest BCUT2D eigenvalue weighted by molar-refractivity contribution is -0.376. The number of phenolic OH excluding ortho intramolecular Hbond substituents is 1. The number of carbonyl (C=O) groups is 1. The number of hydrogen-bond donors (Lipinski definition) is 4. The zero-order valence-corrected chi connectivity index (χ0v) is 22.4. The first-order valence-electron chi connectivity index (χ1n) is 12.1. The van der Waals surface area contributed by atoms with E-state index < -0.39 is 75.1 Å². The molecule has 1 aliphatic rings. The van der Waals surface area contributed by atoms with Gasteiger partial charge in [0.2, 0.25) is 5.91 Å². The van der Waals surface area contributed by atoms with Gasteiger partial charge in [0.05, 0.1) is 28.8 Å². The average Bonchev–Trinajstić information content (AvgIpc) is 2.84. The summed E-state index contributed by atoms with van der Waals surface area (Å²) < 4.78 is 123. The van der Waals surface area contributed by atoms with Gasteiger partial charge < -0.3 is 20.6 Å². The Morgan fingerprint density at radius 2 is 1.59 bits per heavy atom. The van der Waals surface area contributed by atoms with E-state index in [1.54, 1.807) is 0 Å². The maximum Gasteiger partial charge on any atom is 0.430 e. The van der Waals surface area contributed by atoms with Crippen molar-refractivity contribution in [1.29, 1.82) is 0 Å². The summed E-state index contributed by atoms with van der Waals surface area (Å²) in [6.07, 6.45) is -15.3. The summed E-state index contributed by atoms with van der Waals surface area (Å²) in [5.41, 5.74) is -9.22. The molecule has 228 valence electrons. The van der Waals surface area contributed by atoms with Crippen LogP contribution >= 0.6 is 0 Å². The van der Waals surface area contributed by atoms with E-state index in [4.69, 9.17) is 0 Å². The Morgan fingerprint density at radius 3 is 2.10 bits per heavy atom. The van der Waals surface area contributed by atoms with Crippen molar-refractivity contribution < 1.29 is 59.3 Å². The Morgan fingerprint density at radius 1 is 1.02 bits per heavy atom. The molecule has 0 fully saturated rings. The second-order valence-electron chi connectivity index (χ2n) is 10.2. The normalized spacial score (nSPS) is 17.6. The van der Waals surface area contributed by atoms with Gasteiger partial charge in [0, 0.05) is 12.0 Å². The molecule has 3 rings (SSSR count). The number of aromatic hydroxyl groups is 1. The van der Waals surface area contributed by atoms with Gasteiger partial charge in [-0.3, -0.25) is 9.10 Å². The molecule has 4 N–H and O–H groups in total. The minimum atomic E-state index is -6.16. The Kier molecular flexibility index (Phi) is 8.65. The molecule has 0 saturated carbocycles. The lowest BCUT2D eigenvalue weighted by atomic mass is 9.87. The van der Waals surface area contributed by atoms with Crippen molar-refractivity contribution in [3.8, 4) is 5.75 Å². The van der Waals surface area contributed by atoms with E-state index in [1.807, 2.05) is 0 Å². The smallest absolute Gasteiger partial charge is 0.430 e. The second kappa shape index (κ2) is 10.9. The zero-order chi connectivity index (χ0) is 31.2. The van der Waals surface area contributed by atoms with Crippen LogP contribution in [0.15, 0.2) is 47.4 Å². The van der Waals surface area contributed by atoms with Gasteiger partial charge in [-0.05, 0) is 62.6 Å². The third kappa shape index (κ3) is 6.38. The number of rotatable bonds is 8. The molecule has 0 bridgehead atoms. The number of amides is 1. The van der Waals surface area contributed by atoms with Crippen LogP contribution in [0.2, 0.25) is 0 Å². The lowest BCUT2D eigenvalue weighted by Crippen LogP contribution is -2.54. The molecule has 0 aromatic heterocycles. The summed E-state index contributed by atoms with van der Waals surface area (Å²) in [5.74, 6) is -1.13. The van der Waals surface area contributed by atoms with Crippen molar-refractivity contribution in [2.45, 2.75) is 73.8 Å². The molecule has 0 spiro atoms. The maximum absolute atomic E-state index is 14.1. The highest BCUT2D eigenvalue weighted by Gasteiger charge is 2.71. The van der Waals surface area contributed by atoms with Crippen LogP contribution in [0.5, 0.6) is 5.75 Å². The van der Waals surface area contributed by atoms with Gasteiger partial charge in [-0.15, -0.1) is 0 Å². The predicted octanol–water partition coefficient (Wildman–Crippen LogP) is 3.83. The van der Waals surface area contributed by atoms with E-state index in [0.717, 1.165) is 24.3 Å². The Hall–Kier alpha value is -3.11. The molecule has 0 aliphatic carbocycles. The molecule has 1 aliphatic heterocycles. The number of aryl methyl sites for hydroxylation is 1. The van der Waals surface area contributed by atoms with Gasteiger partial charge in [-0.2, -0.15) is 26.3 Å². The first kappa shape index (κ1) is 32.4. The van der Waals surface area contributed by atoms with Crippen LogP contribution in [0.25, 0.3) is 0 Å². The number of sulfonamides is 1. The highest BCUT2D eigenvalue weighted by Crippen LogP contribution is 2.51. The van der Waals surface area contributed by atoms with E-state index in [9.17, 15) is 59.3 Å². The first-order chi connectivity index (χ1) is 18.6. The average molecular weight is 617 g/mol. The number of halogens is 7. The highest BCUT2D eigenvalue weighted by molar-refractivity contribution is 7.92. The number of aliphatic hydroxyl groups is 2. The Balaban J connectivity index is 2.07. The number of fused-ring (bicyclic) bond motifs is 1. The monoisotopic (exact) mass is 616 g/mol. The molecular weight excluding hydrogens is 589 g/mol. The fourth-order valence-electron chi connectivity index (χ4n) is 4.33. The zero-order valence-electron chi connectivity index (χ0n) is 21.6. The number of anilines is 1. The standard InChI is InChI=1S/C25H27F7N2O6S/c1-22(2,37)20(26)13-33-21(36)12-16-5-3-14-11-15(23(38,24(27,28)29)25(30,31)32)4-10-19(14)34(16)41(39,40)18-8-6-17(35)7-9-18/h4,6-11,16,20,35,37-38H,3,5,12-13H2,1-2H3,(H,33,36). The number of alkyl halides is 7. The Labute approximate surface area is 230 Å². The molecule has 0 saturated heterocycles. The number of nitrogens with one attached hydrogen (secondary N) is 1. The van der Waals surface area contributed by atoms with Crippen LogP contribution in [-0.2, 0) is 26.8 Å². The van der Waals surface area contributed by atoms with Crippen LogP contribution in [-0.4, -0.2) is 66.4 Å². The van der Waals surface area contributed by atoms with Crippen LogP contribution in [0, 0.1) is 0 Å². The minimum absolute atomic E-state index is 0.248. The fraction of sp³-hybridized carbons (Fsp3) is 0.480. The van der Waals surface area contributed by atoms with Crippen molar-refractivity contribution >= 4 is 21.6 Å². The summed E-state index contributed by atoms with van der Waals surface area (Å²) in [5, 5.41) is 31.3. The Bertz CT molecular complexity index is 1360. The molecule has 16 heteroatoms. The molecule has 41 heavy (non-hydrogen) atoms. The van der Waals surface area contributed by atoms with E-state index in [2.05, 4.69) is 5.32 Å². The van der Waals surface area contributed by atoms with Crippen LogP contribution in [0.1, 0.15) is 37.8 Å². The predicted molar refractivity (Wildman–Crippen MR) is 131 cm³/mol. The van der Waals surface area contributed by atoms with Crippen molar-refractivity contribution in [2.24, 2.45) is 0 Å². The third-order valence-corrected chi connectivity index (χ3v) is 8.57. The van der Waals surface area contributed by atoms with Crippen molar-refractivity contribution in [3.63, 3.8) is 0 Å². The summed E-state index contributed by atoms with van der Waals surface area (Å²) in [4.78, 5) is 12.2. The van der Waals surface area contributed by atoms with Gasteiger partial charge in [0.1, 0.15) is 11.9 Å². The summed E-state index contributed by atoms with van der Waals surface area (Å²) in [7, 11) is -4.63. The second-order valence-corrected chi connectivity index (χ2v) is 12.0. The summed E-state index contributed by atoms with van der Waals surface area (Å²) in [6, 6.07) is 4.28. The third-order valence-electron chi connectivity index (χ3n) is 6.69. The number of carbonyl (C=O) groups excluding carboxylic acids is 1. The molecule has 1 heterocycles. The molecule has 8 nitrogen and oxygen atoms in total. The van der Waals surface area contributed by atoms with Gasteiger partial charge in [0.25, 0.3) is 15.6 Å². The largest absolute Gasteiger partial charge is 0.508 e. The molecule has 2 atom stereocenters. The number of hydrogen-bond acceptors (Lipinski definition) is 6. The molecule has 2 aromatic carbocycles. The van der Waals surface area contributed by atoms with Gasteiger partial charge >= 0.3 is 12.4 Å². The summed E-state index contributed by atoms with van der Waals surface area (Å²) >= 11 is 0. The first-order valence-corrected chi connectivity index (χ1v) is 13.5. The number of nitrogens with zero attached hydrogens (tertiary/aromatic N) is 1. The minimum Gasteiger partial charge on any atom is -0.508 e. The molecule has 0 radical (unpaired) electrons. The van der Waals surface area contributed by atoms with Crippen molar-refractivity contribution in [2.75, 3.05) is 10.8 Å². The van der Waals surface area contributed by atoms with Crippen LogP contribution in [0.4, 0.5) is 36.4 Å². The molecule has 2 unspecified atom stereocenters. The summed E-state index contributed by atoms with van der Waals surface area (Å²) in [6.45, 7) is 1.72. The van der Waals surface area contributed by atoms with Gasteiger partial charge in [-0.25, -0.2) is 12.8 Å². The molecule has 2 aromatic rings. The van der Waals surface area contributed by atoms with Gasteiger partial charge in [-0.1, -0.05) is 12.1 Å². The molecule has 1 amide bonds. The highest BCUT2D eigenvalue weighted by atomic mass is 32.2. The molecular formula is C25H27F7N2O6S. The SMILES string of the molecule is CC(C)(O)C(F)CNC(=O)CC1CCc2cc(C(O)(C(F)(F)F)C(F)(F)F)ccc2N1S(=O)(=O)c1ccc(O)cc1. The van der Waals surface area contributed by atoms with Crippen molar-refractivity contribution in [1.82, 2.24) is 5.32 Å². The topological polar surface area (TPSA) is 127 Å². The quantitative estimate of drug-likeness (QED) is 0.334. The number of phenols is 1. The fourth-order valence-corrected chi connectivity index (χ4v) is 6.05. The lowest BCUT2D eigenvalue weighted by Gasteiger charge is -2.39. The van der Waals surface area contributed by atoms with Crippen LogP contribution < -0.4 is 9.62 Å².